The van der Waals surface area contributed by atoms with Crippen molar-refractivity contribution in [3.8, 4) is 0 Å². The first kappa shape index (κ1) is 14.4. The largest absolute Gasteiger partial charge is 0.391 e. The predicted octanol–water partition coefficient (Wildman–Crippen LogP) is 2.72. The highest BCUT2D eigenvalue weighted by molar-refractivity contribution is 6.31. The van der Waals surface area contributed by atoms with Crippen LogP contribution in [0, 0.1) is 5.82 Å². The molecule has 17 heavy (non-hydrogen) atoms. The van der Waals surface area contributed by atoms with E-state index in [1.165, 1.54) is 18.2 Å². The summed E-state index contributed by atoms with van der Waals surface area (Å²) in [6, 6.07) is 4.20. The topological polar surface area (TPSA) is 23.5 Å². The lowest BCUT2D eigenvalue weighted by atomic mass is 9.91. The minimum absolute atomic E-state index is 0.334. The van der Waals surface area contributed by atoms with Crippen molar-refractivity contribution >= 4 is 11.6 Å². The zero-order chi connectivity index (χ0) is 13.2. The summed E-state index contributed by atoms with van der Waals surface area (Å²) in [7, 11) is 3.80. The number of aliphatic hydroxyl groups excluding tert-OH is 1. The fourth-order valence-corrected chi connectivity index (χ4v) is 1.65. The molecule has 0 saturated heterocycles. The van der Waals surface area contributed by atoms with Crippen LogP contribution in [0.1, 0.15) is 19.4 Å². The Morgan fingerprint density at radius 2 is 2.00 bits per heavy atom. The molecule has 0 aliphatic rings. The summed E-state index contributed by atoms with van der Waals surface area (Å²) in [4.78, 5) is 1.94. The lowest BCUT2D eigenvalue weighted by Crippen LogP contribution is -2.49. The van der Waals surface area contributed by atoms with Crippen LogP contribution < -0.4 is 0 Å². The quantitative estimate of drug-likeness (QED) is 0.899. The molecule has 0 saturated carbocycles. The van der Waals surface area contributed by atoms with Crippen LogP contribution in [0.15, 0.2) is 18.2 Å². The van der Waals surface area contributed by atoms with E-state index in [0.29, 0.717) is 17.0 Å². The molecule has 1 aromatic carbocycles. The Labute approximate surface area is 107 Å². The maximum Gasteiger partial charge on any atom is 0.123 e. The van der Waals surface area contributed by atoms with Crippen molar-refractivity contribution < 1.29 is 9.50 Å². The summed E-state index contributed by atoms with van der Waals surface area (Å²) in [6.45, 7) is 3.87. The first-order valence-corrected chi connectivity index (χ1v) is 5.92. The predicted molar refractivity (Wildman–Crippen MR) is 68.9 cm³/mol. The van der Waals surface area contributed by atoms with Crippen molar-refractivity contribution in [3.63, 3.8) is 0 Å². The molecular formula is C13H19ClFNO. The summed E-state index contributed by atoms with van der Waals surface area (Å²) in [5.74, 6) is -0.334. The van der Waals surface area contributed by atoms with Gasteiger partial charge in [-0.15, -0.1) is 0 Å². The van der Waals surface area contributed by atoms with Crippen LogP contribution in [-0.2, 0) is 6.42 Å². The van der Waals surface area contributed by atoms with Crippen LogP contribution >= 0.6 is 11.6 Å². The summed E-state index contributed by atoms with van der Waals surface area (Å²) in [5.41, 5.74) is 0.240. The number of aliphatic hydroxyl groups is 1. The van der Waals surface area contributed by atoms with E-state index in [0.717, 1.165) is 0 Å². The zero-order valence-electron chi connectivity index (χ0n) is 10.7. The van der Waals surface area contributed by atoms with Gasteiger partial charge in [-0.2, -0.15) is 0 Å². The van der Waals surface area contributed by atoms with Crippen molar-refractivity contribution in [2.24, 2.45) is 0 Å². The van der Waals surface area contributed by atoms with Gasteiger partial charge >= 0.3 is 0 Å². The van der Waals surface area contributed by atoms with Crippen molar-refractivity contribution in [1.29, 1.82) is 0 Å². The van der Waals surface area contributed by atoms with E-state index < -0.39 is 11.6 Å². The molecule has 1 N–H and O–H groups in total. The molecule has 4 heteroatoms. The summed E-state index contributed by atoms with van der Waals surface area (Å²) in [5, 5.41) is 10.7. The normalized spacial score (nSPS) is 14.1. The first-order valence-electron chi connectivity index (χ1n) is 5.54. The minimum atomic E-state index is -0.614. The molecule has 0 heterocycles. The van der Waals surface area contributed by atoms with Crippen molar-refractivity contribution in [2.45, 2.75) is 31.9 Å². The Kier molecular flexibility index (Phi) is 4.53. The van der Waals surface area contributed by atoms with Crippen molar-refractivity contribution in [3.05, 3.63) is 34.6 Å². The number of likely N-dealkylation sites (N-methyl/N-ethyl adjacent to an activating group) is 1. The Hall–Kier alpha value is -0.640. The molecule has 2 nitrogen and oxygen atoms in total. The molecule has 96 valence electrons. The second kappa shape index (κ2) is 5.34. The fourth-order valence-electron chi connectivity index (χ4n) is 1.46. The molecule has 0 aliphatic heterocycles. The number of benzene rings is 1. The SMILES string of the molecule is CN(C)C(C)(C)C(O)Cc1cc(F)ccc1Cl. The molecule has 0 aliphatic carbocycles. The van der Waals surface area contributed by atoms with Gasteiger partial charge in [0.05, 0.1) is 6.10 Å². The van der Waals surface area contributed by atoms with Crippen LogP contribution in [0.4, 0.5) is 4.39 Å². The van der Waals surface area contributed by atoms with Crippen LogP contribution in [0.2, 0.25) is 5.02 Å². The molecule has 1 atom stereocenters. The lowest BCUT2D eigenvalue weighted by molar-refractivity contribution is 0.0182. The molecule has 0 aromatic heterocycles. The third-order valence-electron chi connectivity index (χ3n) is 3.39. The summed E-state index contributed by atoms with van der Waals surface area (Å²) in [6.07, 6.45) is -0.279. The van der Waals surface area contributed by atoms with Gasteiger partial charge in [0.1, 0.15) is 5.82 Å². The monoisotopic (exact) mass is 259 g/mol. The van der Waals surface area contributed by atoms with Crippen molar-refractivity contribution in [2.75, 3.05) is 14.1 Å². The molecule has 1 aromatic rings. The Bertz CT molecular complexity index is 393. The standard InChI is InChI=1S/C13H19ClFNO/c1-13(2,16(3)4)12(17)8-9-7-10(15)5-6-11(9)14/h5-7,12,17H,8H2,1-4H3. The van der Waals surface area contributed by atoms with E-state index in [1.54, 1.807) is 0 Å². The van der Waals surface area contributed by atoms with Crippen LogP contribution in [0.3, 0.4) is 0 Å². The van der Waals surface area contributed by atoms with Gasteiger partial charge in [0.25, 0.3) is 0 Å². The lowest BCUT2D eigenvalue weighted by Gasteiger charge is -2.37. The third-order valence-corrected chi connectivity index (χ3v) is 3.76. The highest BCUT2D eigenvalue weighted by Crippen LogP contribution is 2.24. The van der Waals surface area contributed by atoms with Gasteiger partial charge in [0, 0.05) is 17.0 Å². The minimum Gasteiger partial charge on any atom is -0.391 e. The van der Waals surface area contributed by atoms with E-state index >= 15 is 0 Å². The highest BCUT2D eigenvalue weighted by Gasteiger charge is 2.30. The van der Waals surface area contributed by atoms with Crippen LogP contribution in [0.25, 0.3) is 0 Å². The van der Waals surface area contributed by atoms with Crippen LogP contribution in [-0.4, -0.2) is 35.7 Å². The number of hydrogen-bond acceptors (Lipinski definition) is 2. The Morgan fingerprint density at radius 1 is 1.41 bits per heavy atom. The molecule has 1 rings (SSSR count). The molecular weight excluding hydrogens is 241 g/mol. The zero-order valence-corrected chi connectivity index (χ0v) is 11.4. The Morgan fingerprint density at radius 3 is 2.53 bits per heavy atom. The van der Waals surface area contributed by atoms with Gasteiger partial charge < -0.3 is 10.0 Å². The number of rotatable bonds is 4. The maximum atomic E-state index is 13.1. The van der Waals surface area contributed by atoms with Gasteiger partial charge in [-0.05, 0) is 51.7 Å². The third kappa shape index (κ3) is 3.41. The Balaban J connectivity index is 2.88. The van der Waals surface area contributed by atoms with Crippen molar-refractivity contribution in [1.82, 2.24) is 4.90 Å². The van der Waals surface area contributed by atoms with Gasteiger partial charge in [-0.3, -0.25) is 0 Å². The van der Waals surface area contributed by atoms with Crippen LogP contribution in [0.5, 0.6) is 0 Å². The van der Waals surface area contributed by atoms with E-state index in [4.69, 9.17) is 11.6 Å². The van der Waals surface area contributed by atoms with E-state index in [-0.39, 0.29) is 5.82 Å². The highest BCUT2D eigenvalue weighted by atomic mass is 35.5. The second-order valence-corrected chi connectivity index (χ2v) is 5.41. The van der Waals surface area contributed by atoms with Gasteiger partial charge in [-0.25, -0.2) is 4.39 Å². The molecule has 0 bridgehead atoms. The maximum absolute atomic E-state index is 13.1. The number of nitrogens with zero attached hydrogens (tertiary/aromatic N) is 1. The fraction of sp³-hybridized carbons (Fsp3) is 0.538. The van der Waals surface area contributed by atoms with Gasteiger partial charge in [0.2, 0.25) is 0 Å². The summed E-state index contributed by atoms with van der Waals surface area (Å²) < 4.78 is 13.1. The molecule has 0 radical (unpaired) electrons. The number of halogens is 2. The van der Waals surface area contributed by atoms with Gasteiger partial charge in [0.15, 0.2) is 0 Å². The second-order valence-electron chi connectivity index (χ2n) is 5.00. The first-order chi connectivity index (χ1) is 7.75. The van der Waals surface area contributed by atoms with E-state index in [1.807, 2.05) is 32.8 Å². The van der Waals surface area contributed by atoms with E-state index in [2.05, 4.69) is 0 Å². The molecule has 0 fully saturated rings. The average molecular weight is 260 g/mol. The van der Waals surface area contributed by atoms with Gasteiger partial charge in [-0.1, -0.05) is 11.6 Å². The van der Waals surface area contributed by atoms with E-state index in [9.17, 15) is 9.50 Å². The molecule has 0 amide bonds. The molecule has 1 unspecified atom stereocenters. The number of hydrogen-bond donors (Lipinski definition) is 1. The summed E-state index contributed by atoms with van der Waals surface area (Å²) >= 11 is 5.98. The molecule has 0 spiro atoms. The average Bonchev–Trinajstić information content (AvgIpc) is 2.23. The smallest absolute Gasteiger partial charge is 0.123 e.